The summed E-state index contributed by atoms with van der Waals surface area (Å²) in [6, 6.07) is 0. The van der Waals surface area contributed by atoms with Crippen LogP contribution in [0.3, 0.4) is 0 Å². The minimum absolute atomic E-state index is 0.0440. The van der Waals surface area contributed by atoms with Gasteiger partial charge in [0, 0.05) is 5.92 Å². The number of hydrogen-bond acceptors (Lipinski definition) is 1. The lowest BCUT2D eigenvalue weighted by atomic mass is 10.1. The van der Waals surface area contributed by atoms with Crippen LogP contribution in [0, 0.1) is 5.92 Å². The Hall–Kier alpha value is 0.280. The summed E-state index contributed by atoms with van der Waals surface area (Å²) in [5.74, 6) is 0.0440. The van der Waals surface area contributed by atoms with Gasteiger partial charge in [0.05, 0.1) is 6.10 Å². The molecule has 1 aliphatic carbocycles. The maximum absolute atomic E-state index is 9.47. The van der Waals surface area contributed by atoms with Crippen molar-refractivity contribution in [1.29, 1.82) is 0 Å². The fourth-order valence-corrected chi connectivity index (χ4v) is 1.77. The molecule has 0 aromatic rings. The van der Waals surface area contributed by atoms with Crippen LogP contribution in [0.1, 0.15) is 19.8 Å². The second kappa shape index (κ2) is 2.96. The van der Waals surface area contributed by atoms with Crippen LogP contribution >= 0.6 is 23.2 Å². The van der Waals surface area contributed by atoms with Gasteiger partial charge in [0.25, 0.3) is 0 Å². The van der Waals surface area contributed by atoms with Crippen molar-refractivity contribution in [2.75, 3.05) is 0 Å². The highest BCUT2D eigenvalue weighted by Gasteiger charge is 2.55. The first-order chi connectivity index (χ1) is 4.93. The van der Waals surface area contributed by atoms with Crippen molar-refractivity contribution in [1.82, 2.24) is 0 Å². The largest absolute Gasteiger partial charge is 0.392 e. The van der Waals surface area contributed by atoms with Crippen molar-refractivity contribution >= 4 is 23.2 Å². The lowest BCUT2D eigenvalue weighted by molar-refractivity contribution is 0.150. The minimum Gasteiger partial charge on any atom is -0.392 e. The van der Waals surface area contributed by atoms with Crippen molar-refractivity contribution < 1.29 is 5.11 Å². The normalized spacial score (nSPS) is 29.6. The average Bonchev–Trinajstić information content (AvgIpc) is 2.38. The van der Waals surface area contributed by atoms with Crippen LogP contribution < -0.4 is 0 Å². The van der Waals surface area contributed by atoms with Gasteiger partial charge in [0.1, 0.15) is 4.33 Å². The molecule has 0 aliphatic heterocycles. The van der Waals surface area contributed by atoms with Crippen LogP contribution in [0.2, 0.25) is 0 Å². The molecule has 0 heterocycles. The molecule has 1 rings (SSSR count). The fourth-order valence-electron chi connectivity index (χ4n) is 1.15. The predicted molar refractivity (Wildman–Crippen MR) is 48.0 cm³/mol. The third-order valence-electron chi connectivity index (χ3n) is 1.90. The Morgan fingerprint density at radius 2 is 2.27 bits per heavy atom. The van der Waals surface area contributed by atoms with E-state index < -0.39 is 10.4 Å². The number of halogens is 2. The first kappa shape index (κ1) is 9.37. The Bertz CT molecular complexity index is 177. The molecule has 0 aromatic carbocycles. The summed E-state index contributed by atoms with van der Waals surface area (Å²) in [6.07, 6.45) is 0.888. The summed E-state index contributed by atoms with van der Waals surface area (Å²) in [7, 11) is 0. The summed E-state index contributed by atoms with van der Waals surface area (Å²) >= 11 is 11.5. The molecular weight excluding hydrogens is 183 g/mol. The summed E-state index contributed by atoms with van der Waals surface area (Å²) < 4.78 is -0.672. The second-order valence-electron chi connectivity index (χ2n) is 3.30. The standard InChI is InChI=1S/C8H12Cl2O/c1-5(2)3-7(11)6-4-8(6,9)10/h6-7,11H,1,3-4H2,2H3/t6-,7+/m0/s1. The van der Waals surface area contributed by atoms with E-state index in [1.165, 1.54) is 0 Å². The van der Waals surface area contributed by atoms with Crippen LogP contribution in [0.15, 0.2) is 12.2 Å². The highest BCUT2D eigenvalue weighted by atomic mass is 35.5. The lowest BCUT2D eigenvalue weighted by Crippen LogP contribution is -2.13. The Morgan fingerprint density at radius 3 is 2.55 bits per heavy atom. The molecule has 1 fully saturated rings. The Kier molecular flexibility index (Phi) is 2.53. The Balaban J connectivity index is 2.34. The zero-order valence-corrected chi connectivity index (χ0v) is 7.99. The second-order valence-corrected chi connectivity index (χ2v) is 4.84. The molecule has 0 unspecified atom stereocenters. The zero-order chi connectivity index (χ0) is 8.65. The van der Waals surface area contributed by atoms with Gasteiger partial charge in [-0.25, -0.2) is 0 Å². The predicted octanol–water partition coefficient (Wildman–Crippen LogP) is 2.51. The van der Waals surface area contributed by atoms with Gasteiger partial charge >= 0.3 is 0 Å². The molecule has 1 saturated carbocycles. The van der Waals surface area contributed by atoms with Crippen molar-refractivity contribution in [3.63, 3.8) is 0 Å². The van der Waals surface area contributed by atoms with E-state index in [0.717, 1.165) is 5.57 Å². The maximum Gasteiger partial charge on any atom is 0.124 e. The Morgan fingerprint density at radius 1 is 1.82 bits per heavy atom. The van der Waals surface area contributed by atoms with E-state index in [-0.39, 0.29) is 5.92 Å². The van der Waals surface area contributed by atoms with Gasteiger partial charge in [0.2, 0.25) is 0 Å². The molecule has 0 aromatic heterocycles. The monoisotopic (exact) mass is 194 g/mol. The molecule has 11 heavy (non-hydrogen) atoms. The number of aliphatic hydroxyl groups is 1. The third-order valence-corrected chi connectivity index (χ3v) is 2.77. The molecule has 0 bridgehead atoms. The third kappa shape index (κ3) is 2.36. The van der Waals surface area contributed by atoms with Crippen molar-refractivity contribution in [2.45, 2.75) is 30.2 Å². The van der Waals surface area contributed by atoms with Gasteiger partial charge in [-0.05, 0) is 19.8 Å². The van der Waals surface area contributed by atoms with Crippen LogP contribution in [-0.2, 0) is 0 Å². The van der Waals surface area contributed by atoms with Crippen molar-refractivity contribution in [2.24, 2.45) is 5.92 Å². The topological polar surface area (TPSA) is 20.2 Å². The van der Waals surface area contributed by atoms with E-state index in [2.05, 4.69) is 6.58 Å². The molecular formula is C8H12Cl2O. The molecule has 0 saturated heterocycles. The van der Waals surface area contributed by atoms with Crippen molar-refractivity contribution in [3.05, 3.63) is 12.2 Å². The minimum atomic E-state index is -0.672. The molecule has 1 aliphatic rings. The summed E-state index contributed by atoms with van der Waals surface area (Å²) in [6.45, 7) is 5.59. The quantitative estimate of drug-likeness (QED) is 0.541. The van der Waals surface area contributed by atoms with Gasteiger partial charge in [0.15, 0.2) is 0 Å². The van der Waals surface area contributed by atoms with Crippen LogP contribution in [0.4, 0.5) is 0 Å². The molecule has 1 nitrogen and oxygen atoms in total. The van der Waals surface area contributed by atoms with Gasteiger partial charge < -0.3 is 5.11 Å². The van der Waals surface area contributed by atoms with Crippen molar-refractivity contribution in [3.8, 4) is 0 Å². The molecule has 0 spiro atoms. The van der Waals surface area contributed by atoms with Crippen LogP contribution in [0.25, 0.3) is 0 Å². The molecule has 1 N–H and O–H groups in total. The number of hydrogen-bond donors (Lipinski definition) is 1. The molecule has 0 radical (unpaired) electrons. The number of alkyl halides is 2. The first-order valence-electron chi connectivity index (χ1n) is 3.64. The molecule has 0 amide bonds. The highest BCUT2D eigenvalue weighted by molar-refractivity contribution is 6.50. The van der Waals surface area contributed by atoms with Gasteiger partial charge in [-0.1, -0.05) is 5.57 Å². The zero-order valence-electron chi connectivity index (χ0n) is 6.48. The smallest absolute Gasteiger partial charge is 0.124 e. The maximum atomic E-state index is 9.47. The van der Waals surface area contributed by atoms with E-state index in [9.17, 15) is 5.11 Å². The van der Waals surface area contributed by atoms with Gasteiger partial charge in [-0.3, -0.25) is 0 Å². The number of rotatable bonds is 3. The summed E-state index contributed by atoms with van der Waals surface area (Å²) in [4.78, 5) is 0. The van der Waals surface area contributed by atoms with E-state index >= 15 is 0 Å². The van der Waals surface area contributed by atoms with E-state index in [4.69, 9.17) is 23.2 Å². The molecule has 64 valence electrons. The van der Waals surface area contributed by atoms with E-state index in [1.54, 1.807) is 0 Å². The van der Waals surface area contributed by atoms with Crippen LogP contribution in [-0.4, -0.2) is 15.5 Å². The Labute approximate surface area is 77.0 Å². The highest BCUT2D eigenvalue weighted by Crippen LogP contribution is 2.55. The van der Waals surface area contributed by atoms with E-state index in [1.807, 2.05) is 6.92 Å². The van der Waals surface area contributed by atoms with Gasteiger partial charge in [-0.15, -0.1) is 29.8 Å². The van der Waals surface area contributed by atoms with Crippen LogP contribution in [0.5, 0.6) is 0 Å². The number of aliphatic hydroxyl groups excluding tert-OH is 1. The molecule has 2 atom stereocenters. The summed E-state index contributed by atoms with van der Waals surface area (Å²) in [5.41, 5.74) is 0.966. The summed E-state index contributed by atoms with van der Waals surface area (Å²) in [5, 5.41) is 9.47. The van der Waals surface area contributed by atoms with Gasteiger partial charge in [-0.2, -0.15) is 0 Å². The lowest BCUT2D eigenvalue weighted by Gasteiger charge is -2.09. The molecule has 3 heteroatoms. The average molecular weight is 195 g/mol. The van der Waals surface area contributed by atoms with E-state index in [0.29, 0.717) is 12.8 Å². The SMILES string of the molecule is C=C(C)C[C@@H](O)[C@@H]1CC1(Cl)Cl. The first-order valence-corrected chi connectivity index (χ1v) is 4.39. The fraction of sp³-hybridized carbons (Fsp3) is 0.750.